The van der Waals surface area contributed by atoms with Crippen molar-refractivity contribution in [2.45, 2.75) is 12.5 Å². The maximum atomic E-state index is 13.3. The van der Waals surface area contributed by atoms with Crippen molar-refractivity contribution in [3.05, 3.63) is 69.7 Å². The van der Waals surface area contributed by atoms with Crippen LogP contribution in [-0.4, -0.2) is 55.5 Å². The van der Waals surface area contributed by atoms with E-state index in [0.717, 1.165) is 37.3 Å². The van der Waals surface area contributed by atoms with Crippen LogP contribution in [0.25, 0.3) is 0 Å². The molecule has 0 radical (unpaired) electrons. The van der Waals surface area contributed by atoms with E-state index in [1.165, 1.54) is 0 Å². The number of carbonyl (C=O) groups is 1. The van der Waals surface area contributed by atoms with Gasteiger partial charge in [-0.25, -0.2) is 0 Å². The molecule has 1 atom stereocenters. The Morgan fingerprint density at radius 1 is 1.11 bits per heavy atom. The average molecular weight is 406 g/mol. The fourth-order valence-corrected chi connectivity index (χ4v) is 4.03. The zero-order valence-electron chi connectivity index (χ0n) is 15.5. The lowest BCUT2D eigenvalue weighted by atomic mass is 10.0. The highest BCUT2D eigenvalue weighted by Crippen LogP contribution is 2.24. The van der Waals surface area contributed by atoms with E-state index in [9.17, 15) is 4.79 Å². The highest BCUT2D eigenvalue weighted by atomic mass is 35.5. The molecule has 1 saturated heterocycles. The first kappa shape index (κ1) is 20.2. The van der Waals surface area contributed by atoms with Gasteiger partial charge in [0.1, 0.15) is 6.04 Å². The molecule has 0 spiro atoms. The second-order valence-corrected chi connectivity index (χ2v) is 7.76. The molecule has 0 aliphatic carbocycles. The number of amides is 1. The minimum absolute atomic E-state index is 0.122. The average Bonchev–Trinajstić information content (AvgIpc) is 2.67. The van der Waals surface area contributed by atoms with Gasteiger partial charge in [0.25, 0.3) is 0 Å². The summed E-state index contributed by atoms with van der Waals surface area (Å²) in [6.07, 6.45) is 0.714. The predicted octanol–water partition coefficient (Wildman–Crippen LogP) is 3.64. The Kier molecular flexibility index (Phi) is 7.13. The van der Waals surface area contributed by atoms with Gasteiger partial charge in [-0.05, 0) is 35.7 Å². The summed E-state index contributed by atoms with van der Waals surface area (Å²) in [4.78, 5) is 17.4. The van der Waals surface area contributed by atoms with Gasteiger partial charge in [-0.1, -0.05) is 53.5 Å². The first-order valence-electron chi connectivity index (χ1n) is 9.24. The Balaban J connectivity index is 1.72. The number of rotatable bonds is 6. The van der Waals surface area contributed by atoms with Crippen LogP contribution in [0.2, 0.25) is 10.0 Å². The molecule has 1 N–H and O–H groups in total. The quantitative estimate of drug-likeness (QED) is 0.796. The van der Waals surface area contributed by atoms with Gasteiger partial charge in [0, 0.05) is 49.8 Å². The van der Waals surface area contributed by atoms with Crippen LogP contribution in [0.1, 0.15) is 17.2 Å². The molecule has 4 nitrogen and oxygen atoms in total. The Labute approximate surface area is 171 Å². The molecule has 3 rings (SSSR count). The van der Waals surface area contributed by atoms with Gasteiger partial charge in [-0.3, -0.25) is 9.69 Å². The molecule has 27 heavy (non-hydrogen) atoms. The third-order valence-corrected chi connectivity index (χ3v) is 5.34. The topological polar surface area (TPSA) is 35.6 Å². The van der Waals surface area contributed by atoms with E-state index in [1.54, 1.807) is 6.07 Å². The first-order chi connectivity index (χ1) is 13.0. The molecule has 0 bridgehead atoms. The van der Waals surface area contributed by atoms with Gasteiger partial charge in [-0.15, -0.1) is 0 Å². The monoisotopic (exact) mass is 405 g/mol. The van der Waals surface area contributed by atoms with E-state index in [1.807, 2.05) is 54.4 Å². The number of halogens is 2. The number of hydrogen-bond donors (Lipinski definition) is 1. The largest absolute Gasteiger partial charge is 0.344 e. The first-order valence-corrected chi connectivity index (χ1v) is 10.00. The molecule has 1 aliphatic rings. The van der Waals surface area contributed by atoms with Crippen LogP contribution < -0.4 is 5.32 Å². The lowest BCUT2D eigenvalue weighted by Gasteiger charge is -2.36. The standard InChI is InChI=1S/C21H25Cl2N3O/c1-25(10-7-16-13-18(22)15-19(23)14-16)21(27)20(17-5-3-2-4-6-17)26-11-8-24-9-12-26/h2-6,13-15,20,24H,7-12H2,1H3. The van der Waals surface area contributed by atoms with Crippen molar-refractivity contribution in [3.8, 4) is 0 Å². The van der Waals surface area contributed by atoms with Gasteiger partial charge in [0.2, 0.25) is 5.91 Å². The summed E-state index contributed by atoms with van der Waals surface area (Å²) in [7, 11) is 1.87. The normalized spacial score (nSPS) is 16.1. The summed E-state index contributed by atoms with van der Waals surface area (Å²) in [5, 5.41) is 4.59. The summed E-state index contributed by atoms with van der Waals surface area (Å²) in [6, 6.07) is 15.3. The summed E-state index contributed by atoms with van der Waals surface area (Å²) in [5.74, 6) is 0.122. The van der Waals surface area contributed by atoms with E-state index in [-0.39, 0.29) is 11.9 Å². The van der Waals surface area contributed by atoms with E-state index in [0.29, 0.717) is 23.0 Å². The van der Waals surface area contributed by atoms with Crippen molar-refractivity contribution in [1.29, 1.82) is 0 Å². The molecule has 1 amide bonds. The van der Waals surface area contributed by atoms with Gasteiger partial charge in [-0.2, -0.15) is 0 Å². The maximum absolute atomic E-state index is 13.3. The fraction of sp³-hybridized carbons (Fsp3) is 0.381. The number of nitrogens with one attached hydrogen (secondary N) is 1. The Hall–Kier alpha value is -1.59. The summed E-state index contributed by atoms with van der Waals surface area (Å²) in [5.41, 5.74) is 2.08. The van der Waals surface area contributed by atoms with Crippen molar-refractivity contribution in [3.63, 3.8) is 0 Å². The van der Waals surface area contributed by atoms with Crippen molar-refractivity contribution in [2.75, 3.05) is 39.8 Å². The van der Waals surface area contributed by atoms with Crippen LogP contribution in [0.4, 0.5) is 0 Å². The zero-order valence-corrected chi connectivity index (χ0v) is 17.0. The van der Waals surface area contributed by atoms with Crippen molar-refractivity contribution >= 4 is 29.1 Å². The Morgan fingerprint density at radius 2 is 1.74 bits per heavy atom. The molecule has 1 unspecified atom stereocenters. The Bertz CT molecular complexity index is 743. The smallest absolute Gasteiger partial charge is 0.244 e. The molecule has 1 aliphatic heterocycles. The van der Waals surface area contributed by atoms with E-state index in [4.69, 9.17) is 23.2 Å². The molecule has 0 aromatic heterocycles. The van der Waals surface area contributed by atoms with Gasteiger partial charge < -0.3 is 10.2 Å². The lowest BCUT2D eigenvalue weighted by Crippen LogP contribution is -2.49. The van der Waals surface area contributed by atoms with Crippen LogP contribution in [0.5, 0.6) is 0 Å². The van der Waals surface area contributed by atoms with Gasteiger partial charge >= 0.3 is 0 Å². The number of nitrogens with zero attached hydrogens (tertiary/aromatic N) is 2. The number of piperazine rings is 1. The van der Waals surface area contributed by atoms with Crippen LogP contribution in [-0.2, 0) is 11.2 Å². The second-order valence-electron chi connectivity index (χ2n) is 6.89. The maximum Gasteiger partial charge on any atom is 0.244 e. The third-order valence-electron chi connectivity index (χ3n) is 4.90. The van der Waals surface area contributed by atoms with E-state index < -0.39 is 0 Å². The third kappa shape index (κ3) is 5.45. The van der Waals surface area contributed by atoms with Crippen LogP contribution in [0.15, 0.2) is 48.5 Å². The minimum atomic E-state index is -0.249. The number of benzene rings is 2. The van der Waals surface area contributed by atoms with E-state index >= 15 is 0 Å². The zero-order chi connectivity index (χ0) is 19.2. The molecule has 1 fully saturated rings. The molecule has 0 saturated carbocycles. The lowest BCUT2D eigenvalue weighted by molar-refractivity contribution is -0.136. The summed E-state index contributed by atoms with van der Waals surface area (Å²) < 4.78 is 0. The van der Waals surface area contributed by atoms with Gasteiger partial charge in [0.15, 0.2) is 0 Å². The minimum Gasteiger partial charge on any atom is -0.344 e. The second kappa shape index (κ2) is 9.56. The van der Waals surface area contributed by atoms with Crippen LogP contribution >= 0.6 is 23.2 Å². The molecular formula is C21H25Cl2N3O. The molecular weight excluding hydrogens is 381 g/mol. The predicted molar refractivity (Wildman–Crippen MR) is 111 cm³/mol. The van der Waals surface area contributed by atoms with Crippen LogP contribution in [0, 0.1) is 0 Å². The molecule has 2 aromatic rings. The molecule has 1 heterocycles. The van der Waals surface area contributed by atoms with Gasteiger partial charge in [0.05, 0.1) is 0 Å². The van der Waals surface area contributed by atoms with E-state index in [2.05, 4.69) is 10.2 Å². The number of hydrogen-bond acceptors (Lipinski definition) is 3. The summed E-state index contributed by atoms with van der Waals surface area (Å²) >= 11 is 12.2. The van der Waals surface area contributed by atoms with Crippen molar-refractivity contribution < 1.29 is 4.79 Å². The number of carbonyl (C=O) groups excluding carboxylic acids is 1. The highest BCUT2D eigenvalue weighted by Gasteiger charge is 2.30. The van der Waals surface area contributed by atoms with Crippen molar-refractivity contribution in [2.24, 2.45) is 0 Å². The Morgan fingerprint density at radius 3 is 2.37 bits per heavy atom. The summed E-state index contributed by atoms with van der Waals surface area (Å²) in [6.45, 7) is 4.15. The molecule has 144 valence electrons. The fourth-order valence-electron chi connectivity index (χ4n) is 3.46. The number of likely N-dealkylation sites (N-methyl/N-ethyl adjacent to an activating group) is 1. The SMILES string of the molecule is CN(CCc1cc(Cl)cc(Cl)c1)C(=O)C(c1ccccc1)N1CCNCC1. The molecule has 2 aromatic carbocycles. The van der Waals surface area contributed by atoms with Crippen LogP contribution in [0.3, 0.4) is 0 Å². The highest BCUT2D eigenvalue weighted by molar-refractivity contribution is 6.34. The molecule has 6 heteroatoms. The van der Waals surface area contributed by atoms with Crippen molar-refractivity contribution in [1.82, 2.24) is 15.1 Å².